The lowest BCUT2D eigenvalue weighted by Crippen LogP contribution is -1.94. The topological polar surface area (TPSA) is 52.0 Å². The molecular formula is C13H16N2OS. The van der Waals surface area contributed by atoms with Gasteiger partial charge in [-0.2, -0.15) is 0 Å². The van der Waals surface area contributed by atoms with Crippen LogP contribution in [0.4, 0.5) is 5.69 Å². The van der Waals surface area contributed by atoms with E-state index in [1.165, 1.54) is 25.7 Å². The number of hydrogen-bond donors (Lipinski definition) is 1. The molecule has 1 aliphatic carbocycles. The summed E-state index contributed by atoms with van der Waals surface area (Å²) in [6.07, 6.45) is 5.44. The minimum atomic E-state index is 0.726. The van der Waals surface area contributed by atoms with Gasteiger partial charge in [0, 0.05) is 17.0 Å². The minimum Gasteiger partial charge on any atom is -0.440 e. The summed E-state index contributed by atoms with van der Waals surface area (Å²) in [4.78, 5) is 4.47. The van der Waals surface area contributed by atoms with Crippen molar-refractivity contribution in [3.05, 3.63) is 24.1 Å². The molecule has 1 fully saturated rings. The third-order valence-corrected chi connectivity index (χ3v) is 4.56. The van der Waals surface area contributed by atoms with E-state index in [2.05, 4.69) is 4.98 Å². The van der Waals surface area contributed by atoms with Crippen LogP contribution in [0, 0.1) is 0 Å². The smallest absolute Gasteiger partial charge is 0.205 e. The Kier molecular flexibility index (Phi) is 2.97. The van der Waals surface area contributed by atoms with Gasteiger partial charge in [-0.05, 0) is 25.0 Å². The first kappa shape index (κ1) is 11.0. The molecule has 2 aromatic rings. The van der Waals surface area contributed by atoms with Crippen molar-refractivity contribution in [2.75, 3.05) is 5.73 Å². The largest absolute Gasteiger partial charge is 0.440 e. The number of benzene rings is 1. The van der Waals surface area contributed by atoms with Crippen molar-refractivity contribution in [1.82, 2.24) is 4.98 Å². The van der Waals surface area contributed by atoms with Crippen LogP contribution in [0.2, 0.25) is 0 Å². The molecule has 0 amide bonds. The van der Waals surface area contributed by atoms with Crippen LogP contribution in [0.15, 0.2) is 22.6 Å². The normalized spacial score (nSPS) is 16.9. The second-order valence-electron chi connectivity index (χ2n) is 4.55. The Labute approximate surface area is 105 Å². The number of nitrogen functional groups attached to an aromatic ring is 1. The van der Waals surface area contributed by atoms with Crippen LogP contribution in [0.25, 0.3) is 11.1 Å². The highest BCUT2D eigenvalue weighted by atomic mass is 32.2. The predicted molar refractivity (Wildman–Crippen MR) is 72.0 cm³/mol. The number of nitrogens with two attached hydrogens (primary N) is 1. The first-order valence-electron chi connectivity index (χ1n) is 6.08. The lowest BCUT2D eigenvalue weighted by Gasteiger charge is -2.05. The van der Waals surface area contributed by atoms with Crippen molar-refractivity contribution in [2.24, 2.45) is 0 Å². The van der Waals surface area contributed by atoms with Gasteiger partial charge in [0.1, 0.15) is 5.52 Å². The molecule has 2 N–H and O–H groups in total. The molecule has 0 spiro atoms. The first-order valence-corrected chi connectivity index (χ1v) is 7.13. The highest BCUT2D eigenvalue weighted by molar-refractivity contribution is 7.99. The molecule has 1 aromatic carbocycles. The molecule has 0 atom stereocenters. The van der Waals surface area contributed by atoms with E-state index in [0.717, 1.165) is 33.7 Å². The quantitative estimate of drug-likeness (QED) is 0.843. The van der Waals surface area contributed by atoms with Gasteiger partial charge < -0.3 is 10.2 Å². The monoisotopic (exact) mass is 248 g/mol. The zero-order valence-electron chi connectivity index (χ0n) is 9.69. The Balaban J connectivity index is 1.72. The molecule has 1 heterocycles. The molecule has 0 unspecified atom stereocenters. The van der Waals surface area contributed by atoms with E-state index >= 15 is 0 Å². The Morgan fingerprint density at radius 1 is 1.35 bits per heavy atom. The molecule has 3 rings (SSSR count). The molecule has 17 heavy (non-hydrogen) atoms. The SMILES string of the molecule is Nc1ccc2nc(CSC3CCCC3)oc2c1. The highest BCUT2D eigenvalue weighted by Gasteiger charge is 2.16. The van der Waals surface area contributed by atoms with E-state index < -0.39 is 0 Å². The van der Waals surface area contributed by atoms with Gasteiger partial charge in [0.25, 0.3) is 0 Å². The molecule has 90 valence electrons. The zero-order valence-corrected chi connectivity index (χ0v) is 10.5. The number of rotatable bonds is 3. The van der Waals surface area contributed by atoms with Crippen molar-refractivity contribution in [1.29, 1.82) is 0 Å². The van der Waals surface area contributed by atoms with E-state index in [1.807, 2.05) is 30.0 Å². The summed E-state index contributed by atoms with van der Waals surface area (Å²) < 4.78 is 5.70. The van der Waals surface area contributed by atoms with Crippen molar-refractivity contribution in [2.45, 2.75) is 36.7 Å². The van der Waals surface area contributed by atoms with Gasteiger partial charge in [0.15, 0.2) is 5.58 Å². The number of nitrogens with zero attached hydrogens (tertiary/aromatic N) is 1. The molecule has 0 radical (unpaired) electrons. The molecule has 1 aliphatic rings. The van der Waals surface area contributed by atoms with E-state index in [4.69, 9.17) is 10.2 Å². The summed E-state index contributed by atoms with van der Waals surface area (Å²) in [6, 6.07) is 5.61. The van der Waals surface area contributed by atoms with Gasteiger partial charge >= 0.3 is 0 Å². The van der Waals surface area contributed by atoms with E-state index in [9.17, 15) is 0 Å². The predicted octanol–water partition coefficient (Wildman–Crippen LogP) is 3.59. The average molecular weight is 248 g/mol. The lowest BCUT2D eigenvalue weighted by molar-refractivity contribution is 0.556. The van der Waals surface area contributed by atoms with Crippen LogP contribution in [0.5, 0.6) is 0 Å². The maximum absolute atomic E-state index is 5.71. The Hall–Kier alpha value is -1.16. The fraction of sp³-hybridized carbons (Fsp3) is 0.462. The summed E-state index contributed by atoms with van der Waals surface area (Å²) >= 11 is 1.97. The Bertz CT molecular complexity index is 517. The number of fused-ring (bicyclic) bond motifs is 1. The number of hydrogen-bond acceptors (Lipinski definition) is 4. The third kappa shape index (κ3) is 2.41. The second-order valence-corrected chi connectivity index (χ2v) is 5.84. The first-order chi connectivity index (χ1) is 8.31. The van der Waals surface area contributed by atoms with Gasteiger partial charge in [0.2, 0.25) is 5.89 Å². The molecule has 3 nitrogen and oxygen atoms in total. The Morgan fingerprint density at radius 2 is 2.18 bits per heavy atom. The van der Waals surface area contributed by atoms with Crippen molar-refractivity contribution >= 4 is 28.5 Å². The second kappa shape index (κ2) is 4.61. The van der Waals surface area contributed by atoms with Crippen LogP contribution in [-0.4, -0.2) is 10.2 Å². The van der Waals surface area contributed by atoms with Crippen LogP contribution in [0.1, 0.15) is 31.6 Å². The number of anilines is 1. The van der Waals surface area contributed by atoms with Gasteiger partial charge in [-0.25, -0.2) is 4.98 Å². The van der Waals surface area contributed by atoms with E-state index in [1.54, 1.807) is 0 Å². The lowest BCUT2D eigenvalue weighted by atomic mass is 10.3. The highest BCUT2D eigenvalue weighted by Crippen LogP contribution is 2.32. The number of thioether (sulfide) groups is 1. The Morgan fingerprint density at radius 3 is 3.00 bits per heavy atom. The standard InChI is InChI=1S/C13H16N2OS/c14-9-5-6-11-12(7-9)16-13(15-11)8-17-10-3-1-2-4-10/h5-7,10H,1-4,8,14H2. The van der Waals surface area contributed by atoms with Gasteiger partial charge in [0.05, 0.1) is 5.75 Å². The zero-order chi connectivity index (χ0) is 11.7. The molecule has 4 heteroatoms. The van der Waals surface area contributed by atoms with Crippen LogP contribution >= 0.6 is 11.8 Å². The summed E-state index contributed by atoms with van der Waals surface area (Å²) in [5.41, 5.74) is 8.14. The maximum atomic E-state index is 5.71. The van der Waals surface area contributed by atoms with Gasteiger partial charge in [-0.3, -0.25) is 0 Å². The number of oxazole rings is 1. The third-order valence-electron chi connectivity index (χ3n) is 3.20. The molecular weight excluding hydrogens is 232 g/mol. The van der Waals surface area contributed by atoms with Crippen LogP contribution in [-0.2, 0) is 5.75 Å². The average Bonchev–Trinajstić information content (AvgIpc) is 2.94. The molecule has 1 saturated carbocycles. The van der Waals surface area contributed by atoms with Gasteiger partial charge in [-0.15, -0.1) is 11.8 Å². The molecule has 0 saturated heterocycles. The van der Waals surface area contributed by atoms with Gasteiger partial charge in [-0.1, -0.05) is 12.8 Å². The minimum absolute atomic E-state index is 0.726. The van der Waals surface area contributed by atoms with Crippen molar-refractivity contribution in [3.63, 3.8) is 0 Å². The van der Waals surface area contributed by atoms with E-state index in [-0.39, 0.29) is 0 Å². The van der Waals surface area contributed by atoms with Crippen molar-refractivity contribution in [3.8, 4) is 0 Å². The molecule has 0 aliphatic heterocycles. The van der Waals surface area contributed by atoms with Crippen molar-refractivity contribution < 1.29 is 4.42 Å². The summed E-state index contributed by atoms with van der Waals surface area (Å²) in [5, 5.41) is 0.801. The summed E-state index contributed by atoms with van der Waals surface area (Å²) in [6.45, 7) is 0. The molecule has 1 aromatic heterocycles. The van der Waals surface area contributed by atoms with Crippen LogP contribution < -0.4 is 5.73 Å². The molecule has 0 bridgehead atoms. The fourth-order valence-electron chi connectivity index (χ4n) is 2.29. The summed E-state index contributed by atoms with van der Waals surface area (Å²) in [7, 11) is 0. The number of aromatic nitrogens is 1. The maximum Gasteiger partial charge on any atom is 0.205 e. The summed E-state index contributed by atoms with van der Waals surface area (Å²) in [5.74, 6) is 1.70. The van der Waals surface area contributed by atoms with Crippen LogP contribution in [0.3, 0.4) is 0 Å². The van der Waals surface area contributed by atoms with E-state index in [0.29, 0.717) is 0 Å². The fourth-order valence-corrected chi connectivity index (χ4v) is 3.46.